The predicted molar refractivity (Wildman–Crippen MR) is 107 cm³/mol. The van der Waals surface area contributed by atoms with Crippen LogP contribution in [-0.4, -0.2) is 10.2 Å². The minimum absolute atomic E-state index is 0. The predicted octanol–water partition coefficient (Wildman–Crippen LogP) is 6.12. The molecular weight excluding hydrogens is 411 g/mol. The van der Waals surface area contributed by atoms with E-state index in [1.165, 1.54) is 0 Å². The Morgan fingerprint density at radius 2 is 0.667 bits per heavy atom. The first-order valence-corrected chi connectivity index (χ1v) is 8.42. The second-order valence-corrected chi connectivity index (χ2v) is 5.77. The third-order valence-corrected chi connectivity index (χ3v) is 3.98. The zero-order valence-electron chi connectivity index (χ0n) is 14.8. The molecule has 0 unspecified atom stereocenters. The van der Waals surface area contributed by atoms with Gasteiger partial charge in [0.25, 0.3) is 0 Å². The number of aromatic hydroxyl groups is 2. The Balaban J connectivity index is 0.000000187. The van der Waals surface area contributed by atoms with Gasteiger partial charge in [0.2, 0.25) is 0 Å². The SMILES string of the molecule is Oc1ccccc1-c1ccccc1.Oc1ccccc1-c1ccccc1.[Zr]. The van der Waals surface area contributed by atoms with Crippen LogP contribution in [0, 0.1) is 0 Å². The maximum absolute atomic E-state index is 9.56. The van der Waals surface area contributed by atoms with E-state index in [0.717, 1.165) is 22.3 Å². The Labute approximate surface area is 178 Å². The molecule has 0 saturated carbocycles. The van der Waals surface area contributed by atoms with Crippen molar-refractivity contribution < 1.29 is 36.4 Å². The fraction of sp³-hybridized carbons (Fsp3) is 0. The molecular formula is C24H20O2Zr. The first kappa shape index (κ1) is 20.7. The molecule has 27 heavy (non-hydrogen) atoms. The third-order valence-electron chi connectivity index (χ3n) is 3.98. The van der Waals surface area contributed by atoms with Gasteiger partial charge in [-0.15, -0.1) is 0 Å². The molecule has 0 fully saturated rings. The minimum atomic E-state index is 0. The Bertz CT molecular complexity index is 873. The summed E-state index contributed by atoms with van der Waals surface area (Å²) in [5, 5.41) is 19.1. The molecule has 0 atom stereocenters. The first-order chi connectivity index (χ1) is 12.8. The number of benzene rings is 4. The van der Waals surface area contributed by atoms with E-state index in [2.05, 4.69) is 0 Å². The molecule has 0 aliphatic heterocycles. The van der Waals surface area contributed by atoms with E-state index in [-0.39, 0.29) is 26.2 Å². The molecule has 2 N–H and O–H groups in total. The van der Waals surface area contributed by atoms with E-state index in [1.807, 2.05) is 97.1 Å². The van der Waals surface area contributed by atoms with Crippen LogP contribution in [0.2, 0.25) is 0 Å². The molecule has 4 aromatic rings. The van der Waals surface area contributed by atoms with Crippen molar-refractivity contribution in [1.82, 2.24) is 0 Å². The average Bonchev–Trinajstić information content (AvgIpc) is 2.71. The maximum Gasteiger partial charge on any atom is 0.123 e. The van der Waals surface area contributed by atoms with Crippen LogP contribution in [0.4, 0.5) is 0 Å². The van der Waals surface area contributed by atoms with E-state index in [0.29, 0.717) is 11.5 Å². The fourth-order valence-electron chi connectivity index (χ4n) is 2.67. The van der Waals surface area contributed by atoms with Crippen molar-refractivity contribution in [3.8, 4) is 33.8 Å². The summed E-state index contributed by atoms with van der Waals surface area (Å²) in [6, 6.07) is 34.4. The van der Waals surface area contributed by atoms with Crippen LogP contribution < -0.4 is 0 Å². The van der Waals surface area contributed by atoms with Crippen LogP contribution in [-0.2, 0) is 26.2 Å². The largest absolute Gasteiger partial charge is 0.507 e. The van der Waals surface area contributed by atoms with Crippen LogP contribution in [0.5, 0.6) is 11.5 Å². The number of rotatable bonds is 2. The van der Waals surface area contributed by atoms with Crippen LogP contribution in [0.25, 0.3) is 22.3 Å². The van der Waals surface area contributed by atoms with E-state index >= 15 is 0 Å². The molecule has 4 rings (SSSR count). The zero-order valence-corrected chi connectivity index (χ0v) is 17.2. The Morgan fingerprint density at radius 1 is 0.370 bits per heavy atom. The summed E-state index contributed by atoms with van der Waals surface area (Å²) in [4.78, 5) is 0. The van der Waals surface area contributed by atoms with Gasteiger partial charge in [-0.1, -0.05) is 97.1 Å². The molecule has 0 saturated heterocycles. The molecule has 0 aromatic heterocycles. The second-order valence-electron chi connectivity index (χ2n) is 5.77. The molecule has 0 aliphatic carbocycles. The molecule has 3 heteroatoms. The molecule has 4 aromatic carbocycles. The molecule has 0 heterocycles. The van der Waals surface area contributed by atoms with Gasteiger partial charge in [-0.2, -0.15) is 0 Å². The van der Waals surface area contributed by atoms with E-state index in [1.54, 1.807) is 12.1 Å². The molecule has 2 nitrogen and oxygen atoms in total. The average molecular weight is 432 g/mol. The Kier molecular flexibility index (Phi) is 8.04. The van der Waals surface area contributed by atoms with Crippen LogP contribution in [0.3, 0.4) is 0 Å². The number of para-hydroxylation sites is 2. The van der Waals surface area contributed by atoms with Gasteiger partial charge in [0.05, 0.1) is 0 Å². The maximum atomic E-state index is 9.56. The van der Waals surface area contributed by atoms with Gasteiger partial charge in [-0.05, 0) is 23.3 Å². The first-order valence-electron chi connectivity index (χ1n) is 8.42. The van der Waals surface area contributed by atoms with E-state index in [4.69, 9.17) is 0 Å². The van der Waals surface area contributed by atoms with Crippen LogP contribution in [0.1, 0.15) is 0 Å². The number of hydrogen-bond donors (Lipinski definition) is 2. The summed E-state index contributed by atoms with van der Waals surface area (Å²) >= 11 is 0. The Morgan fingerprint density at radius 3 is 1.00 bits per heavy atom. The van der Waals surface area contributed by atoms with Crippen molar-refractivity contribution in [3.05, 3.63) is 109 Å². The van der Waals surface area contributed by atoms with Gasteiger partial charge in [-0.25, -0.2) is 0 Å². The number of hydrogen-bond acceptors (Lipinski definition) is 2. The van der Waals surface area contributed by atoms with Crippen molar-refractivity contribution in [2.45, 2.75) is 0 Å². The van der Waals surface area contributed by atoms with Crippen LogP contribution >= 0.6 is 0 Å². The van der Waals surface area contributed by atoms with Gasteiger partial charge < -0.3 is 10.2 Å². The summed E-state index contributed by atoms with van der Waals surface area (Å²) in [6.45, 7) is 0. The van der Waals surface area contributed by atoms with Crippen molar-refractivity contribution in [1.29, 1.82) is 0 Å². The molecule has 132 valence electrons. The Hall–Kier alpha value is -2.64. The van der Waals surface area contributed by atoms with Crippen molar-refractivity contribution >= 4 is 0 Å². The quantitative estimate of drug-likeness (QED) is 0.402. The van der Waals surface area contributed by atoms with E-state index in [9.17, 15) is 10.2 Å². The normalized spacial score (nSPS) is 9.48. The van der Waals surface area contributed by atoms with Crippen molar-refractivity contribution in [2.24, 2.45) is 0 Å². The standard InChI is InChI=1S/2C12H10O.Zr/c2*13-12-9-5-4-8-11(12)10-6-2-1-3-7-10;/h2*1-9,13H;. The summed E-state index contributed by atoms with van der Waals surface area (Å²) in [6.07, 6.45) is 0. The topological polar surface area (TPSA) is 40.5 Å². The smallest absolute Gasteiger partial charge is 0.123 e. The zero-order chi connectivity index (χ0) is 18.2. The van der Waals surface area contributed by atoms with Crippen molar-refractivity contribution in [3.63, 3.8) is 0 Å². The van der Waals surface area contributed by atoms with Gasteiger partial charge in [0.1, 0.15) is 11.5 Å². The van der Waals surface area contributed by atoms with Crippen molar-refractivity contribution in [2.75, 3.05) is 0 Å². The summed E-state index contributed by atoms with van der Waals surface area (Å²) in [5.41, 5.74) is 3.84. The summed E-state index contributed by atoms with van der Waals surface area (Å²) < 4.78 is 0. The molecule has 0 bridgehead atoms. The summed E-state index contributed by atoms with van der Waals surface area (Å²) in [7, 11) is 0. The molecule has 0 amide bonds. The van der Waals surface area contributed by atoms with Gasteiger partial charge in [0, 0.05) is 37.3 Å². The number of phenols is 2. The minimum Gasteiger partial charge on any atom is -0.507 e. The number of phenolic OH excluding ortho intramolecular Hbond substituents is 2. The van der Waals surface area contributed by atoms with Crippen LogP contribution in [0.15, 0.2) is 109 Å². The van der Waals surface area contributed by atoms with Gasteiger partial charge in [0.15, 0.2) is 0 Å². The fourth-order valence-corrected chi connectivity index (χ4v) is 2.67. The van der Waals surface area contributed by atoms with E-state index < -0.39 is 0 Å². The molecule has 0 aliphatic rings. The second kappa shape index (κ2) is 10.5. The third kappa shape index (κ3) is 5.67. The van der Waals surface area contributed by atoms with Gasteiger partial charge in [-0.3, -0.25) is 0 Å². The monoisotopic (exact) mass is 430 g/mol. The van der Waals surface area contributed by atoms with Gasteiger partial charge >= 0.3 is 0 Å². The molecule has 0 radical (unpaired) electrons. The summed E-state index contributed by atoms with van der Waals surface area (Å²) in [5.74, 6) is 0.655. The molecule has 0 spiro atoms.